The highest BCUT2D eigenvalue weighted by molar-refractivity contribution is 5.95. The maximum Gasteiger partial charge on any atom is 0.408 e. The number of esters is 4. The van der Waals surface area contributed by atoms with Gasteiger partial charge in [0.15, 0.2) is 23.6 Å². The van der Waals surface area contributed by atoms with E-state index < -0.39 is 118 Å². The molecule has 330 valence electrons. The Labute approximate surface area is 353 Å². The SMILES string of the molecule is CC(=O)O[C@@H]1C(=O)[C@]2(C)[C@H](O)C[C@@H]3OC[C@]3(OC(C)=O)[C@@H]2[C@H](OC(=O)c2ccccc2)[C@@]2(O)C[C@H](OC(=O)[C@@H](O)[C@@H](NC(=O)OC(C)(C)C)c3ccccc3)C(C)=C1C2(C)C. The summed E-state index contributed by atoms with van der Waals surface area (Å²) < 4.78 is 35.6. The number of hydrogen-bond acceptors (Lipinski definition) is 15. The third-order valence-corrected chi connectivity index (χ3v) is 12.8. The number of hydrogen-bond donors (Lipinski definition) is 4. The van der Waals surface area contributed by atoms with E-state index in [2.05, 4.69) is 5.32 Å². The van der Waals surface area contributed by atoms with Crippen molar-refractivity contribution in [1.82, 2.24) is 5.32 Å². The van der Waals surface area contributed by atoms with Crippen LogP contribution in [0.2, 0.25) is 0 Å². The van der Waals surface area contributed by atoms with Crippen LogP contribution in [0.5, 0.6) is 0 Å². The first-order chi connectivity index (χ1) is 28.4. The smallest absolute Gasteiger partial charge is 0.408 e. The van der Waals surface area contributed by atoms with Crippen LogP contribution in [0.4, 0.5) is 4.79 Å². The number of benzene rings is 2. The lowest BCUT2D eigenvalue weighted by Crippen LogP contribution is -2.82. The summed E-state index contributed by atoms with van der Waals surface area (Å²) in [7, 11) is 0. The number of aliphatic hydroxyl groups is 3. The molecule has 4 aliphatic rings. The molecular formula is C45H55NO15. The lowest BCUT2D eigenvalue weighted by molar-refractivity contribution is -0.346. The molecule has 4 N–H and O–H groups in total. The van der Waals surface area contributed by atoms with Gasteiger partial charge in [-0.05, 0) is 63.5 Å². The number of nitrogens with one attached hydrogen (secondary N) is 1. The van der Waals surface area contributed by atoms with E-state index in [1.165, 1.54) is 26.0 Å². The van der Waals surface area contributed by atoms with Crippen LogP contribution in [0.3, 0.4) is 0 Å². The first-order valence-electron chi connectivity index (χ1n) is 20.2. The van der Waals surface area contributed by atoms with Crippen molar-refractivity contribution in [3.63, 3.8) is 0 Å². The molecule has 16 heteroatoms. The summed E-state index contributed by atoms with van der Waals surface area (Å²) in [6.07, 6.45) is -11.5. The molecule has 3 fully saturated rings. The average Bonchev–Trinajstić information content (AvgIpc) is 3.17. The summed E-state index contributed by atoms with van der Waals surface area (Å²) in [6.45, 7) is 12.9. The van der Waals surface area contributed by atoms with Crippen LogP contribution in [0.15, 0.2) is 71.8 Å². The standard InChI is InChI=1S/C45H55NO15/c1-23-28(58-39(53)33(50)32(26-16-12-10-13-17-26)46-40(54)61-41(4,5)6)21-45(55)37(59-38(52)27-18-14-11-15-19-27)35-43(9,29(49)20-30-44(35,22-56-30)60-25(3)48)36(51)34(57-24(2)47)31(23)42(45,7)8/h10-19,28-30,32-35,37,49-50,55H,20-22H2,1-9H3,(H,46,54)/t28-,29+,30-,32-,33-,34-,35+,37-,43+,44+,45-/m0/s1. The lowest BCUT2D eigenvalue weighted by Gasteiger charge is -2.67. The molecule has 0 radical (unpaired) electrons. The third kappa shape index (κ3) is 7.94. The minimum Gasteiger partial charge on any atom is -0.456 e. The number of ether oxygens (including phenoxy) is 6. The van der Waals surface area contributed by atoms with Gasteiger partial charge in [0.1, 0.15) is 29.5 Å². The Morgan fingerprint density at radius 1 is 0.902 bits per heavy atom. The zero-order chi connectivity index (χ0) is 45.0. The van der Waals surface area contributed by atoms with Crippen molar-refractivity contribution >= 4 is 35.8 Å². The highest BCUT2D eigenvalue weighted by Gasteiger charge is 2.78. The summed E-state index contributed by atoms with van der Waals surface area (Å²) in [4.78, 5) is 82.9. The van der Waals surface area contributed by atoms with E-state index in [1.807, 2.05) is 0 Å². The normalized spacial score (nSPS) is 32.5. The number of carbonyl (C=O) groups excluding carboxylic acids is 6. The first kappa shape index (κ1) is 45.4. The van der Waals surface area contributed by atoms with Crippen molar-refractivity contribution in [2.24, 2.45) is 16.7 Å². The Morgan fingerprint density at radius 3 is 2.05 bits per heavy atom. The molecule has 6 rings (SSSR count). The molecule has 0 aromatic heterocycles. The second kappa shape index (κ2) is 16.3. The monoisotopic (exact) mass is 849 g/mol. The number of fused-ring (bicyclic) bond motifs is 5. The number of carbonyl (C=O) groups is 6. The van der Waals surface area contributed by atoms with E-state index in [-0.39, 0.29) is 29.7 Å². The average molecular weight is 850 g/mol. The van der Waals surface area contributed by atoms with Gasteiger partial charge in [0.2, 0.25) is 0 Å². The van der Waals surface area contributed by atoms with E-state index in [9.17, 15) is 39.3 Å². The molecule has 11 atom stereocenters. The van der Waals surface area contributed by atoms with Gasteiger partial charge in [0.25, 0.3) is 0 Å². The molecule has 1 heterocycles. The van der Waals surface area contributed by atoms with Crippen molar-refractivity contribution in [2.75, 3.05) is 6.61 Å². The van der Waals surface area contributed by atoms with Gasteiger partial charge < -0.3 is 49.1 Å². The van der Waals surface area contributed by atoms with Crippen LogP contribution in [0, 0.1) is 16.7 Å². The maximum absolute atomic E-state index is 15.5. The highest BCUT2D eigenvalue weighted by Crippen LogP contribution is 2.64. The number of ketones is 1. The van der Waals surface area contributed by atoms with Gasteiger partial charge in [-0.1, -0.05) is 62.4 Å². The third-order valence-electron chi connectivity index (χ3n) is 12.8. The Hall–Kier alpha value is -5.16. The van der Waals surface area contributed by atoms with E-state index in [0.717, 1.165) is 13.8 Å². The fourth-order valence-electron chi connectivity index (χ4n) is 9.80. The Balaban J connectivity index is 1.54. The topological polar surface area (TPSA) is 231 Å². The van der Waals surface area contributed by atoms with Crippen molar-refractivity contribution < 1.29 is 72.5 Å². The van der Waals surface area contributed by atoms with E-state index in [0.29, 0.717) is 5.56 Å². The van der Waals surface area contributed by atoms with Crippen molar-refractivity contribution in [1.29, 1.82) is 0 Å². The van der Waals surface area contributed by atoms with Gasteiger partial charge in [0.05, 0.1) is 35.6 Å². The van der Waals surface area contributed by atoms with Crippen LogP contribution in [0.25, 0.3) is 0 Å². The summed E-state index contributed by atoms with van der Waals surface area (Å²) >= 11 is 0. The first-order valence-corrected chi connectivity index (χ1v) is 20.2. The van der Waals surface area contributed by atoms with Crippen LogP contribution in [0.1, 0.15) is 97.1 Å². The lowest BCUT2D eigenvalue weighted by atomic mass is 9.44. The number of aliphatic hydroxyl groups excluding tert-OH is 2. The predicted octanol–water partition coefficient (Wildman–Crippen LogP) is 3.83. The molecule has 16 nitrogen and oxygen atoms in total. The number of Topliss-reactive ketones (excluding diaryl/α,β-unsaturated/α-hetero) is 1. The van der Waals surface area contributed by atoms with Crippen LogP contribution < -0.4 is 5.32 Å². The largest absolute Gasteiger partial charge is 0.456 e. The molecule has 1 aliphatic heterocycles. The van der Waals surface area contributed by atoms with Crippen LogP contribution >= 0.6 is 0 Å². The molecule has 2 aromatic carbocycles. The summed E-state index contributed by atoms with van der Waals surface area (Å²) in [6, 6.07) is 14.5. The van der Waals surface area contributed by atoms with E-state index in [4.69, 9.17) is 28.4 Å². The second-order valence-corrected chi connectivity index (χ2v) is 18.2. The molecule has 3 aliphatic carbocycles. The van der Waals surface area contributed by atoms with Gasteiger partial charge in [0, 0.05) is 32.1 Å². The van der Waals surface area contributed by atoms with Gasteiger partial charge in [-0.2, -0.15) is 0 Å². The number of rotatable bonds is 9. The van der Waals surface area contributed by atoms with E-state index in [1.54, 1.807) is 83.1 Å². The van der Waals surface area contributed by atoms with Crippen molar-refractivity contribution in [3.8, 4) is 0 Å². The predicted molar refractivity (Wildman–Crippen MR) is 213 cm³/mol. The summed E-state index contributed by atoms with van der Waals surface area (Å²) in [5, 5.41) is 39.9. The Bertz CT molecular complexity index is 2100. The van der Waals surface area contributed by atoms with Crippen LogP contribution in [-0.4, -0.2) is 111 Å². The molecule has 0 unspecified atom stereocenters. The minimum absolute atomic E-state index is 0.0126. The molecule has 1 saturated heterocycles. The highest BCUT2D eigenvalue weighted by atomic mass is 16.6. The van der Waals surface area contributed by atoms with Crippen LogP contribution in [-0.2, 0) is 47.6 Å². The number of amides is 1. The fourth-order valence-corrected chi connectivity index (χ4v) is 9.80. The van der Waals surface area contributed by atoms with Gasteiger partial charge in [-0.25, -0.2) is 14.4 Å². The van der Waals surface area contributed by atoms with Gasteiger partial charge in [-0.15, -0.1) is 0 Å². The molecule has 1 amide bonds. The second-order valence-electron chi connectivity index (χ2n) is 18.2. The van der Waals surface area contributed by atoms with Crippen molar-refractivity contribution in [3.05, 3.63) is 82.9 Å². The molecule has 2 bridgehead atoms. The molecular weight excluding hydrogens is 794 g/mol. The zero-order valence-corrected chi connectivity index (χ0v) is 35.8. The Kier molecular flexibility index (Phi) is 12.1. The number of alkyl carbamates (subject to hydrolysis) is 1. The molecule has 61 heavy (non-hydrogen) atoms. The molecule has 0 spiro atoms. The zero-order valence-electron chi connectivity index (χ0n) is 35.8. The summed E-state index contributed by atoms with van der Waals surface area (Å²) in [5.41, 5.74) is -8.30. The molecule has 2 saturated carbocycles. The van der Waals surface area contributed by atoms with E-state index >= 15 is 4.79 Å². The summed E-state index contributed by atoms with van der Waals surface area (Å²) in [5.74, 6) is -6.30. The minimum atomic E-state index is -2.40. The maximum atomic E-state index is 15.5. The van der Waals surface area contributed by atoms with Gasteiger partial charge in [-0.3, -0.25) is 14.4 Å². The van der Waals surface area contributed by atoms with Crippen molar-refractivity contribution in [2.45, 2.75) is 135 Å². The Morgan fingerprint density at radius 2 is 1.51 bits per heavy atom. The molecule has 2 aromatic rings. The van der Waals surface area contributed by atoms with Gasteiger partial charge >= 0.3 is 30.0 Å². The fraction of sp³-hybridized carbons (Fsp3) is 0.556. The quantitative estimate of drug-likeness (QED) is 0.160.